The van der Waals surface area contributed by atoms with Crippen molar-refractivity contribution >= 4 is 28.8 Å². The van der Waals surface area contributed by atoms with Crippen molar-refractivity contribution in [3.05, 3.63) is 47.1 Å². The number of ether oxygens (including phenoxy) is 1. The van der Waals surface area contributed by atoms with Crippen molar-refractivity contribution in [2.75, 3.05) is 11.4 Å². The van der Waals surface area contributed by atoms with Gasteiger partial charge in [0, 0.05) is 30.9 Å². The Kier molecular flexibility index (Phi) is 3.44. The van der Waals surface area contributed by atoms with Gasteiger partial charge < -0.3 is 14.0 Å². The number of anilines is 1. The Bertz CT molecular complexity index is 1110. The quantitative estimate of drug-likeness (QED) is 0.663. The van der Waals surface area contributed by atoms with Crippen LogP contribution in [0.2, 0.25) is 5.15 Å². The summed E-state index contributed by atoms with van der Waals surface area (Å²) in [6.07, 6.45) is 9.11. The summed E-state index contributed by atoms with van der Waals surface area (Å²) in [5.41, 5.74) is 3.81. The van der Waals surface area contributed by atoms with Gasteiger partial charge in [-0.1, -0.05) is 11.6 Å². The van der Waals surface area contributed by atoms with E-state index in [0.29, 0.717) is 24.2 Å². The smallest absolute Gasteiger partial charge is 0.230 e. The number of fused-ring (bicyclic) bond motifs is 2. The van der Waals surface area contributed by atoms with Crippen LogP contribution in [0.5, 0.6) is 5.75 Å². The Labute approximate surface area is 166 Å². The maximum absolute atomic E-state index is 12.7. The van der Waals surface area contributed by atoms with Gasteiger partial charge in [-0.25, -0.2) is 4.98 Å². The molecule has 2 saturated carbocycles. The fourth-order valence-electron chi connectivity index (χ4n) is 4.11. The van der Waals surface area contributed by atoms with E-state index in [1.54, 1.807) is 6.07 Å². The molecular weight excluding hydrogens is 378 g/mol. The van der Waals surface area contributed by atoms with E-state index in [1.165, 1.54) is 24.6 Å². The SMILES string of the molecule is O=C1C2CC2CN1c1cc(C2CC2)cn2cc(COc3cnnc(Cl)c3)nc12. The number of carbonyl (C=O) groups excluding carboxylic acids is 1. The van der Waals surface area contributed by atoms with Crippen LogP contribution < -0.4 is 9.64 Å². The monoisotopic (exact) mass is 395 g/mol. The van der Waals surface area contributed by atoms with Crippen LogP contribution >= 0.6 is 11.6 Å². The lowest BCUT2D eigenvalue weighted by Crippen LogP contribution is -2.28. The number of hydrogen-bond donors (Lipinski definition) is 0. The number of nitrogens with zero attached hydrogens (tertiary/aromatic N) is 5. The molecule has 142 valence electrons. The first-order valence-corrected chi connectivity index (χ1v) is 9.97. The van der Waals surface area contributed by atoms with Gasteiger partial charge in [-0.15, -0.1) is 5.10 Å². The number of imidazole rings is 1. The number of aromatic nitrogens is 4. The lowest BCUT2D eigenvalue weighted by molar-refractivity contribution is -0.118. The second-order valence-electron chi connectivity index (χ2n) is 7.95. The average molecular weight is 396 g/mol. The van der Waals surface area contributed by atoms with Crippen LogP contribution in [0.3, 0.4) is 0 Å². The van der Waals surface area contributed by atoms with E-state index in [9.17, 15) is 4.79 Å². The second kappa shape index (κ2) is 5.91. The predicted molar refractivity (Wildman–Crippen MR) is 102 cm³/mol. The maximum atomic E-state index is 12.7. The van der Waals surface area contributed by atoms with E-state index in [0.717, 1.165) is 30.0 Å². The molecule has 1 amide bonds. The Morgan fingerprint density at radius 3 is 2.89 bits per heavy atom. The summed E-state index contributed by atoms with van der Waals surface area (Å²) in [5, 5.41) is 7.79. The highest BCUT2D eigenvalue weighted by Gasteiger charge is 2.53. The summed E-state index contributed by atoms with van der Waals surface area (Å²) in [5.74, 6) is 2.15. The molecule has 8 heteroatoms. The minimum absolute atomic E-state index is 0.228. The average Bonchev–Trinajstić information content (AvgIpc) is 3.60. The summed E-state index contributed by atoms with van der Waals surface area (Å²) in [4.78, 5) is 19.4. The van der Waals surface area contributed by atoms with Crippen molar-refractivity contribution < 1.29 is 9.53 Å². The summed E-state index contributed by atoms with van der Waals surface area (Å²) in [6.45, 7) is 1.11. The number of pyridine rings is 1. The van der Waals surface area contributed by atoms with Crippen LogP contribution in [0, 0.1) is 11.8 Å². The number of rotatable bonds is 5. The Morgan fingerprint density at radius 1 is 1.25 bits per heavy atom. The van der Waals surface area contributed by atoms with E-state index < -0.39 is 0 Å². The first-order valence-electron chi connectivity index (χ1n) is 9.59. The number of carbonyl (C=O) groups is 1. The molecule has 2 atom stereocenters. The molecule has 7 nitrogen and oxygen atoms in total. The molecule has 3 aromatic heterocycles. The first-order chi connectivity index (χ1) is 13.7. The third kappa shape index (κ3) is 2.73. The Balaban J connectivity index is 1.35. The lowest BCUT2D eigenvalue weighted by atomic mass is 10.1. The van der Waals surface area contributed by atoms with Crippen LogP contribution in [0.15, 0.2) is 30.7 Å². The minimum Gasteiger partial charge on any atom is -0.485 e. The number of halogens is 1. The topological polar surface area (TPSA) is 72.6 Å². The van der Waals surface area contributed by atoms with E-state index >= 15 is 0 Å². The maximum Gasteiger partial charge on any atom is 0.230 e. The van der Waals surface area contributed by atoms with Gasteiger partial charge in [0.05, 0.1) is 17.6 Å². The summed E-state index contributed by atoms with van der Waals surface area (Å²) >= 11 is 5.86. The molecule has 2 unspecified atom stereocenters. The van der Waals surface area contributed by atoms with Crippen molar-refractivity contribution in [2.24, 2.45) is 11.8 Å². The molecule has 0 radical (unpaired) electrons. The third-order valence-electron chi connectivity index (χ3n) is 5.85. The van der Waals surface area contributed by atoms with Gasteiger partial charge in [0.1, 0.15) is 12.4 Å². The highest BCUT2D eigenvalue weighted by Crippen LogP contribution is 2.49. The Hall–Kier alpha value is -2.67. The molecule has 0 spiro atoms. The van der Waals surface area contributed by atoms with Crippen molar-refractivity contribution in [1.29, 1.82) is 0 Å². The molecule has 28 heavy (non-hydrogen) atoms. The zero-order valence-electron chi connectivity index (χ0n) is 15.1. The van der Waals surface area contributed by atoms with E-state index in [4.69, 9.17) is 21.3 Å². The van der Waals surface area contributed by atoms with Crippen molar-refractivity contribution in [1.82, 2.24) is 19.6 Å². The third-order valence-corrected chi connectivity index (χ3v) is 6.04. The fourth-order valence-corrected chi connectivity index (χ4v) is 4.27. The zero-order chi connectivity index (χ0) is 18.8. The lowest BCUT2D eigenvalue weighted by Gasteiger charge is -2.20. The fraction of sp³-hybridized carbons (Fsp3) is 0.400. The van der Waals surface area contributed by atoms with Crippen LogP contribution in [0.1, 0.15) is 36.4 Å². The van der Waals surface area contributed by atoms with Gasteiger partial charge in [-0.05, 0) is 42.7 Å². The number of hydrogen-bond acceptors (Lipinski definition) is 5. The number of piperidine rings is 1. The molecule has 2 aliphatic carbocycles. The molecule has 1 saturated heterocycles. The van der Waals surface area contributed by atoms with E-state index in [1.807, 2.05) is 15.5 Å². The standard InChI is InChI=1S/C20H18ClN5O2/c21-18-5-15(6-22-24-18)28-10-14-9-25-7-12(11-1-2-11)4-17(19(25)23-14)26-8-13-3-16(13)20(26)27/h4-7,9,11,13,16H,1-3,8,10H2. The molecule has 0 bridgehead atoms. The molecule has 6 rings (SSSR count). The van der Waals surface area contributed by atoms with Crippen molar-refractivity contribution in [2.45, 2.75) is 31.8 Å². The summed E-state index contributed by atoms with van der Waals surface area (Å²) in [7, 11) is 0. The van der Waals surface area contributed by atoms with Crippen molar-refractivity contribution in [3.8, 4) is 5.75 Å². The van der Waals surface area contributed by atoms with Gasteiger partial charge in [-0.3, -0.25) is 4.79 Å². The van der Waals surface area contributed by atoms with Crippen LogP contribution in [-0.2, 0) is 11.4 Å². The highest BCUT2D eigenvalue weighted by atomic mass is 35.5. The number of amides is 1. The van der Waals surface area contributed by atoms with Crippen molar-refractivity contribution in [3.63, 3.8) is 0 Å². The molecule has 3 aromatic rings. The van der Waals surface area contributed by atoms with Crippen LogP contribution in [0.4, 0.5) is 5.69 Å². The molecule has 1 aliphatic heterocycles. The van der Waals surface area contributed by atoms with Gasteiger partial charge >= 0.3 is 0 Å². The molecule has 3 fully saturated rings. The van der Waals surface area contributed by atoms with Gasteiger partial charge in [0.15, 0.2) is 10.8 Å². The van der Waals surface area contributed by atoms with Crippen LogP contribution in [0.25, 0.3) is 5.65 Å². The molecule has 3 aliphatic rings. The van der Waals surface area contributed by atoms with Gasteiger partial charge in [0.25, 0.3) is 0 Å². The normalized spacial score (nSPS) is 23.3. The zero-order valence-corrected chi connectivity index (χ0v) is 15.8. The molecule has 4 heterocycles. The summed E-state index contributed by atoms with van der Waals surface area (Å²) < 4.78 is 7.80. The first kappa shape index (κ1) is 16.3. The van der Waals surface area contributed by atoms with Crippen LogP contribution in [-0.4, -0.2) is 32.0 Å². The van der Waals surface area contributed by atoms with E-state index in [2.05, 4.69) is 22.5 Å². The Morgan fingerprint density at radius 2 is 2.14 bits per heavy atom. The van der Waals surface area contributed by atoms with Gasteiger partial charge in [0.2, 0.25) is 5.91 Å². The second-order valence-corrected chi connectivity index (χ2v) is 8.34. The largest absolute Gasteiger partial charge is 0.485 e. The highest BCUT2D eigenvalue weighted by molar-refractivity contribution is 6.29. The molecule has 0 N–H and O–H groups in total. The van der Waals surface area contributed by atoms with E-state index in [-0.39, 0.29) is 17.0 Å². The molecule has 0 aromatic carbocycles. The predicted octanol–water partition coefficient (Wildman–Crippen LogP) is 3.22. The molecular formula is C20H18ClN5O2. The van der Waals surface area contributed by atoms with Gasteiger partial charge in [-0.2, -0.15) is 5.10 Å². The summed E-state index contributed by atoms with van der Waals surface area (Å²) in [6, 6.07) is 3.79. The minimum atomic E-state index is 0.228.